The molecule has 0 fully saturated rings. The van der Waals surface area contributed by atoms with Crippen LogP contribution in [0.1, 0.15) is 5.69 Å². The number of H-pyrrole nitrogens is 3. The molecule has 7 heteroatoms. The summed E-state index contributed by atoms with van der Waals surface area (Å²) in [7, 11) is 0. The summed E-state index contributed by atoms with van der Waals surface area (Å²) in [5.74, 6) is 0.503. The molecule has 0 aromatic carbocycles. The molecule has 0 aliphatic heterocycles. The van der Waals surface area contributed by atoms with E-state index in [1.165, 1.54) is 0 Å². The topological polar surface area (TPSA) is 107 Å². The fraction of sp³-hybridized carbons (Fsp3) is 0.0909. The van der Waals surface area contributed by atoms with Gasteiger partial charge in [-0.2, -0.15) is 0 Å². The first-order valence-corrected chi connectivity index (χ1v) is 5.29. The molecule has 0 radical (unpaired) electrons. The van der Waals surface area contributed by atoms with Gasteiger partial charge < -0.3 is 4.98 Å². The highest BCUT2D eigenvalue weighted by molar-refractivity contribution is 5.75. The van der Waals surface area contributed by atoms with Crippen molar-refractivity contribution in [3.8, 4) is 11.4 Å². The monoisotopic (exact) mass is 243 g/mol. The van der Waals surface area contributed by atoms with Crippen molar-refractivity contribution in [3.05, 3.63) is 44.9 Å². The Labute approximate surface area is 99.9 Å². The lowest BCUT2D eigenvalue weighted by atomic mass is 10.2. The lowest BCUT2D eigenvalue weighted by Crippen LogP contribution is -2.21. The van der Waals surface area contributed by atoms with Gasteiger partial charge in [0.25, 0.3) is 5.56 Å². The minimum atomic E-state index is -0.576. The minimum absolute atomic E-state index is 0.238. The fourth-order valence-corrected chi connectivity index (χ4v) is 1.79. The van der Waals surface area contributed by atoms with E-state index in [0.717, 1.165) is 11.3 Å². The van der Waals surface area contributed by atoms with Crippen LogP contribution in [0.15, 0.2) is 27.9 Å². The number of pyridine rings is 1. The Kier molecular flexibility index (Phi) is 2.12. The molecule has 7 nitrogen and oxygen atoms in total. The molecule has 0 amide bonds. The lowest BCUT2D eigenvalue weighted by Gasteiger charge is -1.98. The first kappa shape index (κ1) is 10.5. The SMILES string of the molecule is Cc1ncccc1-c1nc2[nH]c(=O)[nH]c(=O)c2[nH]1. The molecule has 3 aromatic rings. The van der Waals surface area contributed by atoms with Crippen LogP contribution in [0.4, 0.5) is 0 Å². The quantitative estimate of drug-likeness (QED) is 0.571. The summed E-state index contributed by atoms with van der Waals surface area (Å²) in [5, 5.41) is 0. The van der Waals surface area contributed by atoms with Crippen molar-refractivity contribution in [2.75, 3.05) is 0 Å². The maximum absolute atomic E-state index is 11.6. The maximum atomic E-state index is 11.6. The van der Waals surface area contributed by atoms with Gasteiger partial charge in [0.05, 0.1) is 0 Å². The molecule has 3 N–H and O–H groups in total. The summed E-state index contributed by atoms with van der Waals surface area (Å²) in [5.41, 5.74) is 0.988. The summed E-state index contributed by atoms with van der Waals surface area (Å²) in [6, 6.07) is 3.62. The van der Waals surface area contributed by atoms with Gasteiger partial charge in [-0.25, -0.2) is 9.78 Å². The van der Waals surface area contributed by atoms with Crippen molar-refractivity contribution in [1.29, 1.82) is 0 Å². The van der Waals surface area contributed by atoms with Crippen LogP contribution < -0.4 is 11.2 Å². The lowest BCUT2D eigenvalue weighted by molar-refractivity contribution is 1.07. The van der Waals surface area contributed by atoms with Crippen molar-refractivity contribution in [1.82, 2.24) is 24.9 Å². The van der Waals surface area contributed by atoms with E-state index < -0.39 is 11.2 Å². The molecule has 0 aliphatic rings. The van der Waals surface area contributed by atoms with Crippen LogP contribution in [0.2, 0.25) is 0 Å². The van der Waals surface area contributed by atoms with Crippen LogP contribution in [-0.2, 0) is 0 Å². The molecule has 90 valence electrons. The zero-order chi connectivity index (χ0) is 12.7. The first-order chi connectivity index (χ1) is 8.65. The zero-order valence-electron chi connectivity index (χ0n) is 9.44. The van der Waals surface area contributed by atoms with Gasteiger partial charge in [-0.3, -0.25) is 19.7 Å². The second kappa shape index (κ2) is 3.66. The normalized spacial score (nSPS) is 10.9. The summed E-state index contributed by atoms with van der Waals surface area (Å²) >= 11 is 0. The third kappa shape index (κ3) is 1.53. The number of fused-ring (bicyclic) bond motifs is 1. The van der Waals surface area contributed by atoms with E-state index in [1.54, 1.807) is 12.3 Å². The number of aromatic nitrogens is 5. The van der Waals surface area contributed by atoms with Crippen LogP contribution in [0.25, 0.3) is 22.6 Å². The highest BCUT2D eigenvalue weighted by Crippen LogP contribution is 2.19. The molecule has 0 atom stereocenters. The number of nitrogens with zero attached hydrogens (tertiary/aromatic N) is 2. The number of aromatic amines is 3. The summed E-state index contributed by atoms with van der Waals surface area (Å²) in [4.78, 5) is 38.5. The average molecular weight is 243 g/mol. The molecule has 18 heavy (non-hydrogen) atoms. The van der Waals surface area contributed by atoms with E-state index in [-0.39, 0.29) is 11.2 Å². The average Bonchev–Trinajstić information content (AvgIpc) is 2.73. The van der Waals surface area contributed by atoms with Crippen LogP contribution >= 0.6 is 0 Å². The third-order valence-corrected chi connectivity index (χ3v) is 2.65. The summed E-state index contributed by atoms with van der Waals surface area (Å²) < 4.78 is 0. The second-order valence-electron chi connectivity index (χ2n) is 3.85. The van der Waals surface area contributed by atoms with Crippen LogP contribution in [0, 0.1) is 6.92 Å². The van der Waals surface area contributed by atoms with Gasteiger partial charge in [-0.05, 0) is 19.1 Å². The van der Waals surface area contributed by atoms with Crippen LogP contribution in [0.3, 0.4) is 0 Å². The first-order valence-electron chi connectivity index (χ1n) is 5.29. The Bertz CT molecular complexity index is 842. The number of hydrogen-bond acceptors (Lipinski definition) is 4. The molecule has 3 aromatic heterocycles. The van der Waals surface area contributed by atoms with Crippen molar-refractivity contribution in [3.63, 3.8) is 0 Å². The Morgan fingerprint density at radius 1 is 1.17 bits per heavy atom. The number of aryl methyl sites for hydroxylation is 1. The number of nitrogens with one attached hydrogen (secondary N) is 3. The van der Waals surface area contributed by atoms with Crippen molar-refractivity contribution in [2.45, 2.75) is 6.92 Å². The smallest absolute Gasteiger partial charge is 0.327 e. The van der Waals surface area contributed by atoms with Gasteiger partial charge in [0.1, 0.15) is 11.3 Å². The van der Waals surface area contributed by atoms with Gasteiger partial charge >= 0.3 is 5.69 Å². The van der Waals surface area contributed by atoms with Gasteiger partial charge in [0.2, 0.25) is 0 Å². The van der Waals surface area contributed by atoms with Gasteiger partial charge in [0, 0.05) is 17.5 Å². The molecule has 0 saturated carbocycles. The molecule has 0 bridgehead atoms. The fourth-order valence-electron chi connectivity index (χ4n) is 1.79. The molecular weight excluding hydrogens is 234 g/mol. The molecule has 0 aliphatic carbocycles. The van der Waals surface area contributed by atoms with Crippen LogP contribution in [0.5, 0.6) is 0 Å². The Balaban J connectivity index is 2.33. The maximum Gasteiger partial charge on any atom is 0.327 e. The molecular formula is C11H9N5O2. The van der Waals surface area contributed by atoms with E-state index in [4.69, 9.17) is 0 Å². The number of imidazole rings is 1. The van der Waals surface area contributed by atoms with Crippen LogP contribution in [-0.4, -0.2) is 24.9 Å². The van der Waals surface area contributed by atoms with Gasteiger partial charge in [-0.15, -0.1) is 0 Å². The second-order valence-corrected chi connectivity index (χ2v) is 3.85. The summed E-state index contributed by atoms with van der Waals surface area (Å²) in [6.07, 6.45) is 1.68. The molecule has 3 heterocycles. The third-order valence-electron chi connectivity index (χ3n) is 2.65. The number of rotatable bonds is 1. The Morgan fingerprint density at radius 3 is 2.78 bits per heavy atom. The highest BCUT2D eigenvalue weighted by atomic mass is 16.2. The standard InChI is InChI=1S/C11H9N5O2/c1-5-6(3-2-4-12-5)8-13-7-9(14-8)15-11(18)16-10(7)17/h2-4H,1H3,(H3,13,14,15,16,17,18). The Hall–Kier alpha value is -2.70. The van der Waals surface area contributed by atoms with E-state index in [2.05, 4.69) is 24.9 Å². The van der Waals surface area contributed by atoms with Gasteiger partial charge in [0.15, 0.2) is 5.65 Å². The largest absolute Gasteiger partial charge is 0.332 e. The van der Waals surface area contributed by atoms with E-state index in [0.29, 0.717) is 5.82 Å². The Morgan fingerprint density at radius 2 is 2.00 bits per heavy atom. The predicted octanol–water partition coefficient (Wildman–Crippen LogP) is 0.310. The van der Waals surface area contributed by atoms with Crippen molar-refractivity contribution < 1.29 is 0 Å². The van der Waals surface area contributed by atoms with E-state index in [1.807, 2.05) is 13.0 Å². The van der Waals surface area contributed by atoms with Crippen molar-refractivity contribution >= 4 is 11.2 Å². The number of hydrogen-bond donors (Lipinski definition) is 3. The van der Waals surface area contributed by atoms with Gasteiger partial charge in [-0.1, -0.05) is 0 Å². The minimum Gasteiger partial charge on any atom is -0.332 e. The van der Waals surface area contributed by atoms with E-state index in [9.17, 15) is 9.59 Å². The molecule has 0 saturated heterocycles. The molecule has 0 unspecified atom stereocenters. The molecule has 3 rings (SSSR count). The highest BCUT2D eigenvalue weighted by Gasteiger charge is 2.10. The van der Waals surface area contributed by atoms with E-state index >= 15 is 0 Å². The molecule has 0 spiro atoms. The zero-order valence-corrected chi connectivity index (χ0v) is 9.44. The predicted molar refractivity (Wildman–Crippen MR) is 65.3 cm³/mol. The summed E-state index contributed by atoms with van der Waals surface area (Å²) in [6.45, 7) is 1.84. The van der Waals surface area contributed by atoms with Crippen molar-refractivity contribution in [2.24, 2.45) is 0 Å².